The molecular weight excluding hydrogens is 222 g/mol. The second kappa shape index (κ2) is 4.97. The number of rotatable bonds is 4. The quantitative estimate of drug-likeness (QED) is 0.875. The summed E-state index contributed by atoms with van der Waals surface area (Å²) in [6.07, 6.45) is 0. The molecule has 0 aromatic heterocycles. The molecule has 1 N–H and O–H groups in total. The lowest BCUT2D eigenvalue weighted by Gasteiger charge is -2.20. The first-order chi connectivity index (χ1) is 7.31. The molecule has 0 aliphatic rings. The van der Waals surface area contributed by atoms with Crippen LogP contribution in [0.25, 0.3) is 0 Å². The summed E-state index contributed by atoms with van der Waals surface area (Å²) in [4.78, 5) is 0.394. The first kappa shape index (κ1) is 13.2. The van der Waals surface area contributed by atoms with E-state index in [0.717, 1.165) is 0 Å². The van der Waals surface area contributed by atoms with Crippen molar-refractivity contribution in [2.75, 3.05) is 12.3 Å². The Kier molecular flexibility index (Phi) is 4.10. The maximum atomic E-state index is 11.9. The van der Waals surface area contributed by atoms with Crippen LogP contribution in [0.1, 0.15) is 20.8 Å². The van der Waals surface area contributed by atoms with Crippen molar-refractivity contribution in [1.29, 1.82) is 0 Å². The number of benzene rings is 1. The minimum Gasteiger partial charge on any atom is -0.311 e. The molecule has 0 heterocycles. The maximum Gasteiger partial charge on any atom is 0.179 e. The van der Waals surface area contributed by atoms with Crippen LogP contribution in [0.15, 0.2) is 35.2 Å². The Labute approximate surface area is 97.8 Å². The van der Waals surface area contributed by atoms with Crippen LogP contribution in [0.3, 0.4) is 0 Å². The zero-order valence-corrected chi connectivity index (χ0v) is 10.8. The van der Waals surface area contributed by atoms with Gasteiger partial charge in [-0.1, -0.05) is 18.2 Å². The summed E-state index contributed by atoms with van der Waals surface area (Å²) in [5, 5.41) is 3.17. The summed E-state index contributed by atoms with van der Waals surface area (Å²) in [5.41, 5.74) is -0.0494. The van der Waals surface area contributed by atoms with Crippen molar-refractivity contribution in [2.24, 2.45) is 0 Å². The Morgan fingerprint density at radius 3 is 2.19 bits per heavy atom. The second-order valence-corrected chi connectivity index (χ2v) is 6.92. The van der Waals surface area contributed by atoms with Gasteiger partial charge in [-0.3, -0.25) is 0 Å². The third-order valence-electron chi connectivity index (χ3n) is 2.13. The fourth-order valence-electron chi connectivity index (χ4n) is 1.31. The van der Waals surface area contributed by atoms with Gasteiger partial charge in [0.15, 0.2) is 9.84 Å². The fourth-order valence-corrected chi connectivity index (χ4v) is 2.48. The predicted octanol–water partition coefficient (Wildman–Crippen LogP) is 1.85. The van der Waals surface area contributed by atoms with Crippen LogP contribution in [0, 0.1) is 0 Å². The normalized spacial score (nSPS) is 12.7. The van der Waals surface area contributed by atoms with Crippen LogP contribution < -0.4 is 5.32 Å². The molecule has 0 unspecified atom stereocenters. The highest BCUT2D eigenvalue weighted by molar-refractivity contribution is 7.91. The molecule has 0 radical (unpaired) electrons. The van der Waals surface area contributed by atoms with E-state index in [2.05, 4.69) is 5.32 Å². The van der Waals surface area contributed by atoms with Crippen molar-refractivity contribution in [3.63, 3.8) is 0 Å². The highest BCUT2D eigenvalue weighted by Crippen LogP contribution is 2.09. The molecule has 3 nitrogen and oxygen atoms in total. The number of nitrogens with one attached hydrogen (secondary N) is 1. The molecule has 0 aliphatic heterocycles. The van der Waals surface area contributed by atoms with Gasteiger partial charge in [0.1, 0.15) is 0 Å². The standard InChI is InChI=1S/C12H19NO2S/c1-12(2,3)13-9-10-16(14,15)11-7-5-4-6-8-11/h4-8,13H,9-10H2,1-3H3. The minimum atomic E-state index is -3.15. The molecule has 0 spiro atoms. The molecule has 1 rings (SSSR count). The van der Waals surface area contributed by atoms with E-state index in [-0.39, 0.29) is 11.3 Å². The first-order valence-corrected chi connectivity index (χ1v) is 6.99. The van der Waals surface area contributed by atoms with Crippen molar-refractivity contribution in [1.82, 2.24) is 5.32 Å². The Morgan fingerprint density at radius 2 is 1.69 bits per heavy atom. The molecule has 1 aromatic rings. The van der Waals surface area contributed by atoms with Crippen molar-refractivity contribution in [3.8, 4) is 0 Å². The van der Waals surface area contributed by atoms with Gasteiger partial charge < -0.3 is 5.32 Å². The Bertz CT molecular complexity index is 418. The van der Waals surface area contributed by atoms with Crippen LogP contribution >= 0.6 is 0 Å². The van der Waals surface area contributed by atoms with E-state index in [9.17, 15) is 8.42 Å². The van der Waals surface area contributed by atoms with E-state index in [0.29, 0.717) is 11.4 Å². The summed E-state index contributed by atoms with van der Waals surface area (Å²) < 4.78 is 23.8. The van der Waals surface area contributed by atoms with Crippen LogP contribution in [0.5, 0.6) is 0 Å². The van der Waals surface area contributed by atoms with Gasteiger partial charge in [0.05, 0.1) is 10.6 Å². The van der Waals surface area contributed by atoms with Gasteiger partial charge in [0.25, 0.3) is 0 Å². The van der Waals surface area contributed by atoms with Gasteiger partial charge in [0.2, 0.25) is 0 Å². The first-order valence-electron chi connectivity index (χ1n) is 5.34. The minimum absolute atomic E-state index is 0.0494. The molecule has 4 heteroatoms. The molecule has 0 saturated heterocycles. The highest BCUT2D eigenvalue weighted by atomic mass is 32.2. The lowest BCUT2D eigenvalue weighted by atomic mass is 10.1. The van der Waals surface area contributed by atoms with E-state index in [1.54, 1.807) is 24.3 Å². The van der Waals surface area contributed by atoms with Crippen molar-refractivity contribution >= 4 is 9.84 Å². The summed E-state index contributed by atoms with van der Waals surface area (Å²) in [6.45, 7) is 6.52. The number of hydrogen-bond acceptors (Lipinski definition) is 3. The third-order valence-corrected chi connectivity index (χ3v) is 3.86. The monoisotopic (exact) mass is 241 g/mol. The van der Waals surface area contributed by atoms with Crippen molar-refractivity contribution < 1.29 is 8.42 Å². The van der Waals surface area contributed by atoms with E-state index >= 15 is 0 Å². The predicted molar refractivity (Wildman–Crippen MR) is 66.3 cm³/mol. The lowest BCUT2D eigenvalue weighted by molar-refractivity contribution is 0.438. The van der Waals surface area contributed by atoms with Gasteiger partial charge >= 0.3 is 0 Å². The maximum absolute atomic E-state index is 11.9. The molecule has 0 aliphatic carbocycles. The Hall–Kier alpha value is -0.870. The van der Waals surface area contributed by atoms with Crippen LogP contribution in [-0.4, -0.2) is 26.3 Å². The third kappa shape index (κ3) is 4.33. The molecule has 0 bridgehead atoms. The average molecular weight is 241 g/mol. The van der Waals surface area contributed by atoms with E-state index < -0.39 is 9.84 Å². The van der Waals surface area contributed by atoms with Crippen molar-refractivity contribution in [2.45, 2.75) is 31.2 Å². The van der Waals surface area contributed by atoms with Gasteiger partial charge in [-0.2, -0.15) is 0 Å². The summed E-state index contributed by atoms with van der Waals surface area (Å²) in [5.74, 6) is 0.133. The van der Waals surface area contributed by atoms with Crippen LogP contribution in [-0.2, 0) is 9.84 Å². The van der Waals surface area contributed by atoms with Crippen LogP contribution in [0.4, 0.5) is 0 Å². The number of hydrogen-bond donors (Lipinski definition) is 1. The van der Waals surface area contributed by atoms with E-state index in [4.69, 9.17) is 0 Å². The largest absolute Gasteiger partial charge is 0.311 e. The van der Waals surface area contributed by atoms with E-state index in [1.165, 1.54) is 0 Å². The molecule has 90 valence electrons. The summed E-state index contributed by atoms with van der Waals surface area (Å²) >= 11 is 0. The Balaban J connectivity index is 2.61. The molecule has 0 atom stereocenters. The SMILES string of the molecule is CC(C)(C)NCCS(=O)(=O)c1ccccc1. The Morgan fingerprint density at radius 1 is 1.12 bits per heavy atom. The van der Waals surface area contributed by atoms with Crippen molar-refractivity contribution in [3.05, 3.63) is 30.3 Å². The highest BCUT2D eigenvalue weighted by Gasteiger charge is 2.15. The zero-order valence-electron chi connectivity index (χ0n) is 10.0. The van der Waals surface area contributed by atoms with Gasteiger partial charge in [-0.25, -0.2) is 8.42 Å². The molecule has 0 saturated carbocycles. The van der Waals surface area contributed by atoms with E-state index in [1.807, 2.05) is 26.8 Å². The molecule has 0 fully saturated rings. The topological polar surface area (TPSA) is 46.2 Å². The summed E-state index contributed by atoms with van der Waals surface area (Å²) in [7, 11) is -3.15. The summed E-state index contributed by atoms with van der Waals surface area (Å²) in [6, 6.07) is 8.55. The average Bonchev–Trinajstić information content (AvgIpc) is 2.17. The zero-order chi connectivity index (χ0) is 12.2. The smallest absolute Gasteiger partial charge is 0.179 e. The molecule has 16 heavy (non-hydrogen) atoms. The van der Waals surface area contributed by atoms with Gasteiger partial charge in [-0.05, 0) is 32.9 Å². The lowest BCUT2D eigenvalue weighted by Crippen LogP contribution is -2.38. The molecular formula is C12H19NO2S. The molecule has 1 aromatic carbocycles. The fraction of sp³-hybridized carbons (Fsp3) is 0.500. The van der Waals surface area contributed by atoms with Crippen LogP contribution in [0.2, 0.25) is 0 Å². The van der Waals surface area contributed by atoms with Gasteiger partial charge in [0, 0.05) is 12.1 Å². The van der Waals surface area contributed by atoms with Gasteiger partial charge in [-0.15, -0.1) is 0 Å². The molecule has 0 amide bonds. The second-order valence-electron chi connectivity index (χ2n) is 4.81. The number of sulfone groups is 1.